The smallest absolute Gasteiger partial charge is 0.341 e. The molecule has 0 aromatic rings. The number of hydrogen-bond donors (Lipinski definition) is 16. The second-order valence-electron chi connectivity index (χ2n) is 19.3. The molecule has 16 N–H and O–H groups in total. The Morgan fingerprint density at radius 2 is 0.396 bits per heavy atom. The summed E-state index contributed by atoms with van der Waals surface area (Å²) in [5.41, 5.74) is 0. The van der Waals surface area contributed by atoms with Gasteiger partial charge in [-0.2, -0.15) is 135 Å². The first kappa shape index (κ1) is 105. The van der Waals surface area contributed by atoms with Gasteiger partial charge in [0.25, 0.3) is 0 Å². The zero-order valence-electron chi connectivity index (χ0n) is 50.5. The van der Waals surface area contributed by atoms with Crippen LogP contribution in [0.1, 0.15) is 0 Å². The van der Waals surface area contributed by atoms with Gasteiger partial charge in [-0.25, -0.2) is 66.9 Å². The summed E-state index contributed by atoms with van der Waals surface area (Å²) in [6, 6.07) is 0. The van der Waals surface area contributed by atoms with Crippen LogP contribution in [0.3, 0.4) is 0 Å². The molecule has 18 atom stereocenters. The molecule has 4 heterocycles. The Morgan fingerprint density at radius 1 is 0.216 bits per heavy atom. The Kier molecular flexibility index (Phi) is 35.5. The van der Waals surface area contributed by atoms with E-state index in [1.165, 1.54) is 0 Å². The Hall–Kier alpha value is -1.80. The third-order valence-corrected chi connectivity index (χ3v) is 18.6. The molecule has 4 fully saturated rings. The average molecular weight is 2030 g/mol. The van der Waals surface area contributed by atoms with E-state index < -0.39 is 316 Å². The van der Waals surface area contributed by atoms with Gasteiger partial charge in [0.05, 0.1) is 26.4 Å². The van der Waals surface area contributed by atoms with Crippen LogP contribution in [0.5, 0.6) is 0 Å². The second-order valence-corrected chi connectivity index (χ2v) is 36.3. The maximum absolute atomic E-state index is 11.9. The van der Waals surface area contributed by atoms with Crippen LogP contribution in [0.25, 0.3) is 0 Å². The predicted octanol–water partition coefficient (Wildman–Crippen LogP) is -13.6. The molecule has 665 valence electrons. The molecule has 0 spiro atoms. The molecule has 0 bridgehead atoms. The number of rotatable bonds is 42. The second kappa shape index (κ2) is 37.5. The third-order valence-electron chi connectivity index (χ3n) is 11.4. The van der Waals surface area contributed by atoms with Crippen molar-refractivity contribution in [1.29, 1.82) is 0 Å². The van der Waals surface area contributed by atoms with Crippen LogP contribution in [0.2, 0.25) is 0 Å². The van der Waals surface area contributed by atoms with Crippen LogP contribution in [0, 0.1) is 0 Å². The normalized spacial score (nSPS) is 30.4. The summed E-state index contributed by atoms with van der Waals surface area (Å²) in [6.45, 7) is -12.5. The van der Waals surface area contributed by atoms with Gasteiger partial charge in [0, 0.05) is 0 Å². The van der Waals surface area contributed by atoms with E-state index in [-0.39, 0.29) is 17.1 Å². The van der Waals surface area contributed by atoms with Gasteiger partial charge in [-0.05, 0) is 0 Å². The third kappa shape index (κ3) is 40.2. The minimum Gasteiger partial charge on any atom is -0.341 e. The van der Waals surface area contributed by atoms with Crippen molar-refractivity contribution in [2.24, 2.45) is 0 Å². The van der Waals surface area contributed by atoms with Crippen molar-refractivity contribution in [3.8, 4) is 0 Å². The molecule has 0 amide bonds. The van der Waals surface area contributed by atoms with Crippen molar-refractivity contribution >= 4 is 166 Å². The van der Waals surface area contributed by atoms with Gasteiger partial charge in [0.2, 0.25) is 11.6 Å². The molecule has 4 rings (SSSR count). The van der Waals surface area contributed by atoms with Crippen LogP contribution in [-0.2, 0) is 279 Å². The molecule has 4 aliphatic rings. The number of ether oxygens (including phenoxy) is 6. The van der Waals surface area contributed by atoms with E-state index >= 15 is 0 Å². The zero-order chi connectivity index (χ0) is 86.0. The van der Waals surface area contributed by atoms with Crippen LogP contribution in [-0.4, -0.2) is 357 Å². The molecule has 0 aromatic heterocycles. The first-order chi connectivity index (χ1) is 48.3. The Labute approximate surface area is 631 Å². The van der Waals surface area contributed by atoms with E-state index in [1.54, 1.807) is 0 Å². The van der Waals surface area contributed by atoms with Gasteiger partial charge < -0.3 is 28.4 Å². The van der Waals surface area contributed by atoms with Crippen molar-refractivity contribution in [2.45, 2.75) is 110 Å². The van der Waals surface area contributed by atoms with Crippen molar-refractivity contribution in [2.75, 3.05) is 39.6 Å². The minimum absolute atomic E-state index is 0. The predicted molar refractivity (Wildman–Crippen MR) is 304 cm³/mol. The van der Waals surface area contributed by atoms with E-state index in [1.807, 2.05) is 0 Å². The molecule has 111 heavy (non-hydrogen) atoms. The maximum Gasteiger partial charge on any atom is 2.00 e. The Balaban J connectivity index is 0.000000747. The van der Waals surface area contributed by atoms with Crippen molar-refractivity contribution in [3.05, 3.63) is 0 Å². The van der Waals surface area contributed by atoms with Gasteiger partial charge >= 0.3 is 183 Å². The first-order valence-electron chi connectivity index (χ1n) is 24.6. The van der Waals surface area contributed by atoms with Crippen molar-refractivity contribution in [1.82, 2.24) is 0 Å². The summed E-state index contributed by atoms with van der Waals surface area (Å²) < 4.78 is 614. The van der Waals surface area contributed by atoms with E-state index in [0.29, 0.717) is 0 Å². The van der Waals surface area contributed by atoms with Gasteiger partial charge in [0.15, 0.2) is 37.0 Å². The van der Waals surface area contributed by atoms with E-state index in [9.17, 15) is 189 Å². The molecular weight excluding hydrogens is 1980 g/mol. The quantitative estimate of drug-likeness (QED) is 0.0199. The summed E-state index contributed by atoms with van der Waals surface area (Å²) in [6.07, 6.45) is -52.1. The van der Waals surface area contributed by atoms with Gasteiger partial charge in [-0.1, -0.05) is 0 Å². The zero-order valence-corrected chi connectivity index (χ0v) is 64.5. The molecule has 0 aliphatic carbocycles. The molecule has 0 unspecified atom stereocenters. The summed E-state index contributed by atoms with van der Waals surface area (Å²) in [4.78, 5) is 0. The largest absolute Gasteiger partial charge is 2.00 e. The molecule has 1 radical (unpaired) electrons. The van der Waals surface area contributed by atoms with Crippen LogP contribution >= 0.6 is 0 Å². The molecule has 70 nitrogen and oxygen atoms in total. The van der Waals surface area contributed by atoms with Crippen molar-refractivity contribution < 1.29 is 320 Å². The van der Waals surface area contributed by atoms with E-state index in [2.05, 4.69) is 66.9 Å². The van der Waals surface area contributed by atoms with Gasteiger partial charge in [-0.15, -0.1) is 0 Å². The number of hydrogen-bond acceptors (Lipinski definition) is 54. The van der Waals surface area contributed by atoms with Gasteiger partial charge in [-0.3, -0.25) is 72.8 Å². The van der Waals surface area contributed by atoms with Crippen LogP contribution < -0.4 is 0 Å². The Bertz CT molecular complexity index is 4890. The fourth-order valence-electron chi connectivity index (χ4n) is 8.48. The minimum atomic E-state index is -6.24. The monoisotopic (exact) mass is 2030 g/mol. The van der Waals surface area contributed by atoms with E-state index in [0.717, 1.165) is 0 Å². The van der Waals surface area contributed by atoms with Crippen LogP contribution in [0.15, 0.2) is 0 Å². The molecular formula is C24H44CuO70S16+2. The Morgan fingerprint density at radius 3 is 0.595 bits per heavy atom. The van der Waals surface area contributed by atoms with Crippen LogP contribution in [0.4, 0.5) is 0 Å². The first-order valence-corrected chi connectivity index (χ1v) is 46.5. The fraction of sp³-hybridized carbons (Fsp3) is 1.00. The molecule has 4 saturated heterocycles. The summed E-state index contributed by atoms with van der Waals surface area (Å²) in [7, 11) is -96.5. The summed E-state index contributed by atoms with van der Waals surface area (Å²) in [5.74, 6) is -8.24. The topological polar surface area (TPSA) is 1070 Å². The molecule has 0 aromatic carbocycles. The standard InChI is InChI=1S/2C12H22O35S8.Cu/c2*13-48(14,15)37-1-4-6(43-51(22,23)24)8(45-53(28,29)30)9(46-54(31,32)33)11(40-4)42-12(3-39-50(19,20)21)10(47-55(34,35)36)7(44-52(25,26)27)5(41-12)2-38-49(16,17)18;/h2*4-11H,1-3H2,(H,13,14,15)(H,16,17,18)(H,19,20,21)(H,22,23,24)(H,25,26,27)(H,28,29,30)(H,31,32,33)(H,34,35,36);/q;;+2/t2*4-,5-,6-,7-,8+,9-,10+,11-,12+;/m11./s1. The van der Waals surface area contributed by atoms with Gasteiger partial charge in [0.1, 0.15) is 74.3 Å². The molecule has 4 aliphatic heterocycles. The maximum atomic E-state index is 11.9. The van der Waals surface area contributed by atoms with E-state index in [4.69, 9.17) is 46.6 Å². The SMILES string of the molecule is O=S(=O)(O)OC[C@H]1O[C@@](COS(=O)(=O)O)(O[C@H]2O[C@H](COS(=O)(=O)O)[C@@H](OS(=O)(=O)O)[C@H](OS(=O)(=O)O)[C@H]2OS(=O)(=O)O)[C@@H](OS(=O)(=O)O)[C@@H]1OS(=O)(=O)O.O=S(=O)(O)OC[C@H]1O[C@@](COS(=O)(=O)O)(O[C@H]2O[C@H](COS(=O)(=O)O)[C@@H](OS(=O)(=O)O)[C@H](OS(=O)(=O)O)[C@H]2OS(=O)(=O)O)[C@@H](OS(=O)(=O)O)[C@@H]1OS(=O)(=O)O.[Cu+2]. The molecule has 0 saturated carbocycles. The summed E-state index contributed by atoms with van der Waals surface area (Å²) in [5, 5.41) is 0. The fourth-order valence-corrected chi connectivity index (χ4v) is 15.4. The summed E-state index contributed by atoms with van der Waals surface area (Å²) >= 11 is 0. The van der Waals surface area contributed by atoms with Crippen molar-refractivity contribution in [3.63, 3.8) is 0 Å². The average Bonchev–Trinajstić information content (AvgIpc) is 1.59. The molecule has 87 heteroatoms.